The number of hydrogen-bond donors (Lipinski definition) is 3. The Kier molecular flexibility index (Phi) is 11.1. The van der Waals surface area contributed by atoms with E-state index in [2.05, 4.69) is 35.8 Å². The summed E-state index contributed by atoms with van der Waals surface area (Å²) in [5.41, 5.74) is 2.22. The standard InChI is InChI=1S/C24H33N3O3.HI/c1-2-25-23(27-18-24(11-13-28)12-14-29-19-24)26-16-21-9-6-10-22(15-21)30-17-20-7-4-3-5-8-20;/h3-10,15,28H,2,11-14,16-19H2,1H3,(H2,25,26,27);1H. The van der Waals surface area contributed by atoms with Crippen LogP contribution in [0.15, 0.2) is 59.6 Å². The molecule has 0 amide bonds. The number of aliphatic imine (C=N–C) groups is 1. The van der Waals surface area contributed by atoms with Gasteiger partial charge < -0.3 is 25.2 Å². The summed E-state index contributed by atoms with van der Waals surface area (Å²) in [6.07, 6.45) is 1.70. The second-order valence-corrected chi connectivity index (χ2v) is 7.75. The first-order valence-corrected chi connectivity index (χ1v) is 10.7. The molecular formula is C24H34IN3O3. The maximum Gasteiger partial charge on any atom is 0.191 e. The first-order chi connectivity index (χ1) is 14.7. The predicted octanol–water partition coefficient (Wildman–Crippen LogP) is 3.73. The first kappa shape index (κ1) is 25.4. The lowest BCUT2D eigenvalue weighted by Crippen LogP contribution is -2.44. The third kappa shape index (κ3) is 8.31. The molecule has 3 N–H and O–H groups in total. The van der Waals surface area contributed by atoms with Crippen LogP contribution < -0.4 is 15.4 Å². The van der Waals surface area contributed by atoms with Gasteiger partial charge in [-0.25, -0.2) is 4.99 Å². The number of nitrogens with one attached hydrogen (secondary N) is 2. The molecule has 1 heterocycles. The van der Waals surface area contributed by atoms with Crippen LogP contribution in [0.4, 0.5) is 0 Å². The number of hydrogen-bond acceptors (Lipinski definition) is 4. The highest BCUT2D eigenvalue weighted by atomic mass is 127. The summed E-state index contributed by atoms with van der Waals surface area (Å²) < 4.78 is 11.5. The van der Waals surface area contributed by atoms with Crippen molar-refractivity contribution in [1.29, 1.82) is 0 Å². The van der Waals surface area contributed by atoms with E-state index in [4.69, 9.17) is 14.5 Å². The van der Waals surface area contributed by atoms with Crippen LogP contribution in [-0.2, 0) is 17.9 Å². The number of guanidine groups is 1. The minimum atomic E-state index is -0.0177. The Balaban J connectivity index is 0.00000341. The minimum absolute atomic E-state index is 0. The van der Waals surface area contributed by atoms with Crippen molar-refractivity contribution in [2.45, 2.75) is 32.9 Å². The third-order valence-corrected chi connectivity index (χ3v) is 5.37. The predicted molar refractivity (Wildman–Crippen MR) is 135 cm³/mol. The van der Waals surface area contributed by atoms with E-state index in [0.29, 0.717) is 19.8 Å². The van der Waals surface area contributed by atoms with Crippen molar-refractivity contribution in [1.82, 2.24) is 10.6 Å². The zero-order valence-corrected chi connectivity index (χ0v) is 20.5. The second kappa shape index (κ2) is 13.5. The molecule has 0 radical (unpaired) electrons. The zero-order chi connectivity index (χ0) is 21.1. The number of nitrogens with zero attached hydrogens (tertiary/aromatic N) is 1. The van der Waals surface area contributed by atoms with Crippen LogP contribution in [0.25, 0.3) is 0 Å². The number of halogens is 1. The smallest absolute Gasteiger partial charge is 0.191 e. The Morgan fingerprint density at radius 2 is 1.94 bits per heavy atom. The van der Waals surface area contributed by atoms with Gasteiger partial charge in [-0.3, -0.25) is 0 Å². The number of aliphatic hydroxyl groups is 1. The van der Waals surface area contributed by atoms with Crippen molar-refractivity contribution < 1.29 is 14.6 Å². The van der Waals surface area contributed by atoms with Crippen molar-refractivity contribution in [3.63, 3.8) is 0 Å². The summed E-state index contributed by atoms with van der Waals surface area (Å²) in [6, 6.07) is 18.2. The van der Waals surface area contributed by atoms with E-state index in [-0.39, 0.29) is 36.0 Å². The fourth-order valence-corrected chi connectivity index (χ4v) is 3.57. The van der Waals surface area contributed by atoms with E-state index in [1.165, 1.54) is 0 Å². The molecule has 0 saturated carbocycles. The van der Waals surface area contributed by atoms with Gasteiger partial charge in [0.1, 0.15) is 12.4 Å². The lowest BCUT2D eigenvalue weighted by molar-refractivity contribution is 0.127. The molecule has 1 unspecified atom stereocenters. The molecule has 6 nitrogen and oxygen atoms in total. The van der Waals surface area contributed by atoms with Gasteiger partial charge in [0.25, 0.3) is 0 Å². The van der Waals surface area contributed by atoms with Crippen molar-refractivity contribution in [3.8, 4) is 5.75 Å². The van der Waals surface area contributed by atoms with Crippen LogP contribution >= 0.6 is 24.0 Å². The molecule has 1 fully saturated rings. The van der Waals surface area contributed by atoms with Crippen LogP contribution in [-0.4, -0.2) is 44.0 Å². The molecule has 7 heteroatoms. The molecule has 31 heavy (non-hydrogen) atoms. The molecule has 0 aliphatic carbocycles. The van der Waals surface area contributed by atoms with Gasteiger partial charge in [-0.1, -0.05) is 42.5 Å². The monoisotopic (exact) mass is 539 g/mol. The molecule has 0 spiro atoms. The van der Waals surface area contributed by atoms with Gasteiger partial charge in [0.15, 0.2) is 5.96 Å². The van der Waals surface area contributed by atoms with Crippen LogP contribution in [0.5, 0.6) is 5.75 Å². The van der Waals surface area contributed by atoms with Gasteiger partial charge in [-0.15, -0.1) is 24.0 Å². The summed E-state index contributed by atoms with van der Waals surface area (Å²) in [7, 11) is 0. The molecule has 1 aliphatic rings. The maximum absolute atomic E-state index is 9.41. The lowest BCUT2D eigenvalue weighted by Gasteiger charge is -2.27. The Bertz CT molecular complexity index is 796. The highest BCUT2D eigenvalue weighted by Crippen LogP contribution is 2.31. The average Bonchev–Trinajstić information content (AvgIpc) is 3.24. The molecule has 1 aliphatic heterocycles. The van der Waals surface area contributed by atoms with E-state index in [0.717, 1.165) is 55.4 Å². The van der Waals surface area contributed by atoms with Crippen LogP contribution in [0.2, 0.25) is 0 Å². The Morgan fingerprint density at radius 3 is 2.65 bits per heavy atom. The summed E-state index contributed by atoms with van der Waals surface area (Å²) >= 11 is 0. The Labute approximate surface area is 202 Å². The third-order valence-electron chi connectivity index (χ3n) is 5.37. The van der Waals surface area contributed by atoms with Crippen molar-refractivity contribution >= 4 is 29.9 Å². The van der Waals surface area contributed by atoms with E-state index in [1.54, 1.807) is 0 Å². The van der Waals surface area contributed by atoms with Gasteiger partial charge in [0.05, 0.1) is 13.2 Å². The maximum atomic E-state index is 9.41. The van der Waals surface area contributed by atoms with Crippen molar-refractivity contribution in [3.05, 3.63) is 65.7 Å². The first-order valence-electron chi connectivity index (χ1n) is 10.7. The highest BCUT2D eigenvalue weighted by molar-refractivity contribution is 14.0. The summed E-state index contributed by atoms with van der Waals surface area (Å²) in [5.74, 6) is 1.62. The number of aliphatic hydroxyl groups excluding tert-OH is 1. The highest BCUT2D eigenvalue weighted by Gasteiger charge is 2.34. The summed E-state index contributed by atoms with van der Waals surface area (Å²) in [5, 5.41) is 16.2. The molecule has 170 valence electrons. The van der Waals surface area contributed by atoms with Gasteiger partial charge in [-0.05, 0) is 43.0 Å². The zero-order valence-electron chi connectivity index (χ0n) is 18.2. The molecule has 2 aromatic carbocycles. The molecule has 0 aromatic heterocycles. The van der Waals surface area contributed by atoms with E-state index < -0.39 is 0 Å². The number of ether oxygens (including phenoxy) is 2. The number of rotatable bonds is 10. The minimum Gasteiger partial charge on any atom is -0.489 e. The van der Waals surface area contributed by atoms with E-state index >= 15 is 0 Å². The van der Waals surface area contributed by atoms with E-state index in [9.17, 15) is 5.11 Å². The van der Waals surface area contributed by atoms with Crippen LogP contribution in [0.3, 0.4) is 0 Å². The Hall–Kier alpha value is -1.84. The SMILES string of the molecule is CCNC(=NCc1cccc(OCc2ccccc2)c1)NCC1(CCO)CCOC1.I. The van der Waals surface area contributed by atoms with Crippen molar-refractivity contribution in [2.75, 3.05) is 32.9 Å². The van der Waals surface area contributed by atoms with Crippen molar-refractivity contribution in [2.24, 2.45) is 10.4 Å². The normalized spacial score (nSPS) is 18.3. The number of benzene rings is 2. The van der Waals surface area contributed by atoms with Gasteiger partial charge in [0.2, 0.25) is 0 Å². The van der Waals surface area contributed by atoms with Crippen LogP contribution in [0, 0.1) is 5.41 Å². The fraction of sp³-hybridized carbons (Fsp3) is 0.458. The lowest BCUT2D eigenvalue weighted by atomic mass is 9.84. The summed E-state index contributed by atoms with van der Waals surface area (Å²) in [6.45, 7) is 6.29. The van der Waals surface area contributed by atoms with Gasteiger partial charge in [0, 0.05) is 31.7 Å². The van der Waals surface area contributed by atoms with Crippen LogP contribution in [0.1, 0.15) is 30.9 Å². The molecule has 2 aromatic rings. The second-order valence-electron chi connectivity index (χ2n) is 7.75. The fourth-order valence-electron chi connectivity index (χ4n) is 3.57. The quantitative estimate of drug-likeness (QED) is 0.244. The molecule has 1 saturated heterocycles. The molecule has 1 atom stereocenters. The Morgan fingerprint density at radius 1 is 1.13 bits per heavy atom. The average molecular weight is 539 g/mol. The molecular weight excluding hydrogens is 505 g/mol. The largest absolute Gasteiger partial charge is 0.489 e. The molecule has 0 bridgehead atoms. The summed E-state index contributed by atoms with van der Waals surface area (Å²) in [4.78, 5) is 4.73. The van der Waals surface area contributed by atoms with E-state index in [1.807, 2.05) is 36.4 Å². The van der Waals surface area contributed by atoms with Gasteiger partial charge >= 0.3 is 0 Å². The van der Waals surface area contributed by atoms with Gasteiger partial charge in [-0.2, -0.15) is 0 Å². The molecule has 3 rings (SSSR count). The topological polar surface area (TPSA) is 75.1 Å².